The third kappa shape index (κ3) is 3.60. The highest BCUT2D eigenvalue weighted by Gasteiger charge is 2.07. The molecule has 0 spiro atoms. The minimum absolute atomic E-state index is 0.194. The van der Waals surface area contributed by atoms with Crippen LogP contribution in [0.2, 0.25) is 0 Å². The van der Waals surface area contributed by atoms with Gasteiger partial charge in [0.2, 0.25) is 0 Å². The molecule has 0 atom stereocenters. The first kappa shape index (κ1) is 14.6. The monoisotopic (exact) mass is 284 g/mol. The zero-order chi connectivity index (χ0) is 15.4. The number of carboxylic acid groups (broad SMARTS) is 1. The van der Waals surface area contributed by atoms with Gasteiger partial charge in [-0.15, -0.1) is 0 Å². The van der Waals surface area contributed by atoms with Gasteiger partial charge in [-0.1, -0.05) is 12.1 Å². The Hall–Kier alpha value is -2.82. The quantitative estimate of drug-likeness (QED) is 0.750. The smallest absolute Gasteiger partial charge is 0.335 e. The van der Waals surface area contributed by atoms with Crippen LogP contribution in [0.15, 0.2) is 42.5 Å². The summed E-state index contributed by atoms with van der Waals surface area (Å²) in [7, 11) is 0. The van der Waals surface area contributed by atoms with Gasteiger partial charge in [0.15, 0.2) is 0 Å². The number of benzene rings is 2. The second kappa shape index (κ2) is 6.09. The summed E-state index contributed by atoms with van der Waals surface area (Å²) in [6.45, 7) is 2.18. The molecule has 2 rings (SSSR count). The molecule has 0 saturated heterocycles. The second-order valence-corrected chi connectivity index (χ2v) is 4.76. The van der Waals surface area contributed by atoms with Crippen LogP contribution in [0.1, 0.15) is 31.8 Å². The fourth-order valence-electron chi connectivity index (χ4n) is 1.87. The first-order chi connectivity index (χ1) is 9.97. The average molecular weight is 284 g/mol. The van der Waals surface area contributed by atoms with Gasteiger partial charge in [0.05, 0.1) is 5.56 Å². The maximum atomic E-state index is 12.0. The Morgan fingerprint density at radius 1 is 1.10 bits per heavy atom. The number of hydrogen-bond acceptors (Lipinski definition) is 3. The zero-order valence-electron chi connectivity index (χ0n) is 11.6. The van der Waals surface area contributed by atoms with Crippen molar-refractivity contribution >= 4 is 17.6 Å². The lowest BCUT2D eigenvalue weighted by atomic mass is 10.1. The summed E-state index contributed by atoms with van der Waals surface area (Å²) in [5.74, 6) is -1.16. The van der Waals surface area contributed by atoms with Gasteiger partial charge in [-0.2, -0.15) is 0 Å². The van der Waals surface area contributed by atoms with Crippen molar-refractivity contribution in [2.24, 2.45) is 0 Å². The number of hydrogen-bond donors (Lipinski definition) is 3. The number of nitrogens with one attached hydrogen (secondary N) is 1. The summed E-state index contributed by atoms with van der Waals surface area (Å²) < 4.78 is 0. The molecule has 21 heavy (non-hydrogen) atoms. The Morgan fingerprint density at radius 3 is 2.29 bits per heavy atom. The zero-order valence-corrected chi connectivity index (χ0v) is 11.6. The predicted molar refractivity (Wildman–Crippen MR) is 80.2 cm³/mol. The molecular weight excluding hydrogens is 268 g/mol. The van der Waals surface area contributed by atoms with Gasteiger partial charge in [0.1, 0.15) is 0 Å². The molecule has 0 aliphatic rings. The van der Waals surface area contributed by atoms with Gasteiger partial charge >= 0.3 is 5.97 Å². The van der Waals surface area contributed by atoms with Crippen molar-refractivity contribution in [3.8, 4) is 0 Å². The van der Waals surface area contributed by atoms with Gasteiger partial charge in [0.25, 0.3) is 5.91 Å². The molecule has 5 nitrogen and oxygen atoms in total. The maximum absolute atomic E-state index is 12.0. The van der Waals surface area contributed by atoms with Crippen molar-refractivity contribution in [2.45, 2.75) is 13.5 Å². The molecule has 4 N–H and O–H groups in total. The number of anilines is 1. The first-order valence-corrected chi connectivity index (χ1v) is 6.44. The van der Waals surface area contributed by atoms with E-state index in [1.807, 2.05) is 6.92 Å². The molecule has 0 saturated carbocycles. The summed E-state index contributed by atoms with van der Waals surface area (Å²) >= 11 is 0. The SMILES string of the molecule is Cc1cc(C(=O)NCc2ccc(C(=O)O)cc2)ccc1N. The van der Waals surface area contributed by atoms with E-state index in [9.17, 15) is 9.59 Å². The molecule has 0 heterocycles. The molecule has 0 unspecified atom stereocenters. The van der Waals surface area contributed by atoms with Crippen LogP contribution in [-0.2, 0) is 6.54 Å². The van der Waals surface area contributed by atoms with Gasteiger partial charge < -0.3 is 16.2 Å². The molecule has 0 aromatic heterocycles. The Morgan fingerprint density at radius 2 is 1.71 bits per heavy atom. The van der Waals surface area contributed by atoms with E-state index in [4.69, 9.17) is 10.8 Å². The lowest BCUT2D eigenvalue weighted by molar-refractivity contribution is 0.0696. The predicted octanol–water partition coefficient (Wildman–Crippen LogP) is 2.21. The van der Waals surface area contributed by atoms with E-state index < -0.39 is 5.97 Å². The third-order valence-electron chi connectivity index (χ3n) is 3.19. The number of amides is 1. The summed E-state index contributed by atoms with van der Waals surface area (Å²) in [4.78, 5) is 22.8. The number of carbonyl (C=O) groups excluding carboxylic acids is 1. The Balaban J connectivity index is 2.00. The van der Waals surface area contributed by atoms with E-state index in [1.165, 1.54) is 12.1 Å². The average Bonchev–Trinajstić information content (AvgIpc) is 2.48. The maximum Gasteiger partial charge on any atom is 0.335 e. The van der Waals surface area contributed by atoms with Gasteiger partial charge in [-0.3, -0.25) is 4.79 Å². The number of nitrogens with two attached hydrogens (primary N) is 1. The van der Waals surface area contributed by atoms with E-state index in [1.54, 1.807) is 30.3 Å². The lowest BCUT2D eigenvalue weighted by Crippen LogP contribution is -2.22. The number of aryl methyl sites for hydroxylation is 1. The van der Waals surface area contributed by atoms with E-state index in [0.717, 1.165) is 11.1 Å². The molecule has 0 aliphatic carbocycles. The van der Waals surface area contributed by atoms with Gasteiger partial charge in [-0.05, 0) is 48.4 Å². The second-order valence-electron chi connectivity index (χ2n) is 4.76. The van der Waals surface area contributed by atoms with Crippen LogP contribution in [0.25, 0.3) is 0 Å². The van der Waals surface area contributed by atoms with Crippen molar-refractivity contribution in [1.29, 1.82) is 0 Å². The normalized spacial score (nSPS) is 10.1. The van der Waals surface area contributed by atoms with Crippen LogP contribution >= 0.6 is 0 Å². The highest BCUT2D eigenvalue weighted by molar-refractivity contribution is 5.94. The summed E-state index contributed by atoms with van der Waals surface area (Å²) in [6.07, 6.45) is 0. The van der Waals surface area contributed by atoms with Crippen molar-refractivity contribution in [1.82, 2.24) is 5.32 Å². The number of carbonyl (C=O) groups is 2. The number of aromatic carboxylic acids is 1. The molecule has 0 radical (unpaired) electrons. The fourth-order valence-corrected chi connectivity index (χ4v) is 1.87. The highest BCUT2D eigenvalue weighted by Crippen LogP contribution is 2.12. The molecule has 0 aliphatic heterocycles. The molecule has 5 heteroatoms. The van der Waals surface area contributed by atoms with Crippen LogP contribution in [0.3, 0.4) is 0 Å². The Bertz CT molecular complexity index is 678. The summed E-state index contributed by atoms with van der Waals surface area (Å²) in [5.41, 5.74) is 8.82. The van der Waals surface area contributed by atoms with Crippen LogP contribution < -0.4 is 11.1 Å². The summed E-state index contributed by atoms with van der Waals surface area (Å²) in [5, 5.41) is 11.6. The topological polar surface area (TPSA) is 92.4 Å². The van der Waals surface area contributed by atoms with Crippen LogP contribution in [0.5, 0.6) is 0 Å². The third-order valence-corrected chi connectivity index (χ3v) is 3.19. The van der Waals surface area contributed by atoms with Gasteiger partial charge in [0, 0.05) is 17.8 Å². The van der Waals surface area contributed by atoms with Crippen molar-refractivity contribution in [3.05, 3.63) is 64.7 Å². The van der Waals surface area contributed by atoms with Crippen molar-refractivity contribution in [2.75, 3.05) is 5.73 Å². The number of carboxylic acids is 1. The summed E-state index contributed by atoms with van der Waals surface area (Å²) in [6, 6.07) is 11.5. The minimum Gasteiger partial charge on any atom is -0.478 e. The minimum atomic E-state index is -0.970. The molecule has 108 valence electrons. The lowest BCUT2D eigenvalue weighted by Gasteiger charge is -2.07. The first-order valence-electron chi connectivity index (χ1n) is 6.44. The molecular formula is C16H16N2O3. The highest BCUT2D eigenvalue weighted by atomic mass is 16.4. The van der Waals surface area contributed by atoms with Crippen molar-refractivity contribution in [3.63, 3.8) is 0 Å². The van der Waals surface area contributed by atoms with Crippen molar-refractivity contribution < 1.29 is 14.7 Å². The largest absolute Gasteiger partial charge is 0.478 e. The molecule has 2 aromatic carbocycles. The molecule has 0 fully saturated rings. The standard InChI is InChI=1S/C16H16N2O3/c1-10-8-13(6-7-14(10)17)15(19)18-9-11-2-4-12(5-3-11)16(20)21/h2-8H,9,17H2,1H3,(H,18,19)(H,20,21). The Labute approximate surface area is 122 Å². The number of nitrogen functional groups attached to an aromatic ring is 1. The Kier molecular flexibility index (Phi) is 4.23. The van der Waals surface area contributed by atoms with E-state index in [-0.39, 0.29) is 11.5 Å². The fraction of sp³-hybridized carbons (Fsp3) is 0.125. The van der Waals surface area contributed by atoms with Crippen LogP contribution in [0.4, 0.5) is 5.69 Å². The van der Waals surface area contributed by atoms with E-state index in [2.05, 4.69) is 5.32 Å². The van der Waals surface area contributed by atoms with Gasteiger partial charge in [-0.25, -0.2) is 4.79 Å². The molecule has 1 amide bonds. The van der Waals surface area contributed by atoms with E-state index in [0.29, 0.717) is 17.8 Å². The van der Waals surface area contributed by atoms with E-state index >= 15 is 0 Å². The molecule has 2 aromatic rings. The number of rotatable bonds is 4. The molecule has 0 bridgehead atoms. The van der Waals surface area contributed by atoms with Crippen LogP contribution in [-0.4, -0.2) is 17.0 Å². The van der Waals surface area contributed by atoms with Crippen LogP contribution in [0, 0.1) is 6.92 Å².